The molecule has 0 radical (unpaired) electrons. The Morgan fingerprint density at radius 3 is 2.75 bits per heavy atom. The fourth-order valence-corrected chi connectivity index (χ4v) is 3.64. The summed E-state index contributed by atoms with van der Waals surface area (Å²) in [5.74, 6) is 0.524. The predicted molar refractivity (Wildman–Crippen MR) is 120 cm³/mol. The van der Waals surface area contributed by atoms with Gasteiger partial charge in [-0.15, -0.1) is 0 Å². The molecule has 1 aliphatic heterocycles. The number of aryl methyl sites for hydroxylation is 1. The molecular formula is C23H28F2N4O3. The van der Waals surface area contributed by atoms with Crippen molar-refractivity contribution in [3.63, 3.8) is 0 Å². The first-order valence-electron chi connectivity index (χ1n) is 10.6. The number of aliphatic imine (C=N–C) groups is 1. The number of para-hydroxylation sites is 2. The van der Waals surface area contributed by atoms with Gasteiger partial charge in [-0.1, -0.05) is 30.3 Å². The molecule has 1 amide bonds. The molecule has 0 spiro atoms. The highest BCUT2D eigenvalue weighted by Gasteiger charge is 2.22. The second kappa shape index (κ2) is 11.3. The Morgan fingerprint density at radius 2 is 2.00 bits per heavy atom. The summed E-state index contributed by atoms with van der Waals surface area (Å²) < 4.78 is 35.9. The lowest BCUT2D eigenvalue weighted by molar-refractivity contribution is -0.117. The smallest absolute Gasteiger partial charge is 0.387 e. The highest BCUT2D eigenvalue weighted by Crippen LogP contribution is 2.32. The highest BCUT2D eigenvalue weighted by atomic mass is 19.3. The minimum atomic E-state index is -2.97. The van der Waals surface area contributed by atoms with Gasteiger partial charge >= 0.3 is 6.61 Å². The molecular weight excluding hydrogens is 418 g/mol. The van der Waals surface area contributed by atoms with Crippen molar-refractivity contribution in [2.45, 2.75) is 32.9 Å². The molecule has 2 N–H and O–H groups in total. The van der Waals surface area contributed by atoms with Crippen LogP contribution < -0.4 is 25.0 Å². The molecule has 0 bridgehead atoms. The van der Waals surface area contributed by atoms with Crippen molar-refractivity contribution < 1.29 is 23.0 Å². The first kappa shape index (κ1) is 23.3. The van der Waals surface area contributed by atoms with Crippen LogP contribution in [0, 0.1) is 0 Å². The zero-order valence-electron chi connectivity index (χ0n) is 18.2. The SMILES string of the molecule is CCOc1cccc(CNC(=NC)NCC(=O)N2CCCc3ccccc32)c1OC(F)F. The molecule has 32 heavy (non-hydrogen) atoms. The minimum absolute atomic E-state index is 0.0201. The van der Waals surface area contributed by atoms with E-state index in [4.69, 9.17) is 4.74 Å². The minimum Gasteiger partial charge on any atom is -0.490 e. The van der Waals surface area contributed by atoms with E-state index >= 15 is 0 Å². The van der Waals surface area contributed by atoms with Gasteiger partial charge in [0.15, 0.2) is 17.5 Å². The predicted octanol–water partition coefficient (Wildman–Crippen LogP) is 3.33. The van der Waals surface area contributed by atoms with Crippen molar-refractivity contribution in [1.29, 1.82) is 0 Å². The molecule has 0 saturated carbocycles. The molecule has 0 atom stereocenters. The molecule has 3 rings (SSSR count). The van der Waals surface area contributed by atoms with Crippen molar-refractivity contribution in [3.8, 4) is 11.5 Å². The van der Waals surface area contributed by atoms with Crippen LogP contribution in [0.25, 0.3) is 0 Å². The Hall–Kier alpha value is -3.36. The summed E-state index contributed by atoms with van der Waals surface area (Å²) in [7, 11) is 1.57. The third kappa shape index (κ3) is 5.87. The molecule has 0 unspecified atom stereocenters. The fraction of sp³-hybridized carbons (Fsp3) is 0.391. The van der Waals surface area contributed by atoms with Gasteiger partial charge in [-0.25, -0.2) is 0 Å². The van der Waals surface area contributed by atoms with Crippen LogP contribution in [0.2, 0.25) is 0 Å². The number of guanidine groups is 1. The van der Waals surface area contributed by atoms with Gasteiger partial charge < -0.3 is 25.0 Å². The standard InChI is InChI=1S/C23H28F2N4O3/c1-3-31-19-12-6-9-17(21(19)32-22(24)25)14-27-23(26-2)28-15-20(30)29-13-7-10-16-8-4-5-11-18(16)29/h4-6,8-9,11-12,22H,3,7,10,13-15H2,1-2H3,(H2,26,27,28). The number of fused-ring (bicyclic) bond motifs is 1. The molecule has 9 heteroatoms. The van der Waals surface area contributed by atoms with E-state index in [0.29, 0.717) is 24.7 Å². The lowest BCUT2D eigenvalue weighted by Gasteiger charge is -2.29. The van der Waals surface area contributed by atoms with E-state index in [1.807, 2.05) is 24.3 Å². The number of nitrogens with zero attached hydrogens (tertiary/aromatic N) is 2. The van der Waals surface area contributed by atoms with Crippen molar-refractivity contribution in [1.82, 2.24) is 10.6 Å². The van der Waals surface area contributed by atoms with Crippen LogP contribution in [0.5, 0.6) is 11.5 Å². The van der Waals surface area contributed by atoms with E-state index in [9.17, 15) is 13.6 Å². The number of halogens is 2. The number of alkyl halides is 2. The molecule has 0 saturated heterocycles. The maximum Gasteiger partial charge on any atom is 0.387 e. The number of hydrogen-bond acceptors (Lipinski definition) is 4. The van der Waals surface area contributed by atoms with Gasteiger partial charge in [0.25, 0.3) is 0 Å². The topological polar surface area (TPSA) is 75.2 Å². The number of hydrogen-bond donors (Lipinski definition) is 2. The highest BCUT2D eigenvalue weighted by molar-refractivity contribution is 5.98. The molecule has 1 heterocycles. The third-order valence-corrected chi connectivity index (χ3v) is 5.06. The molecule has 0 fully saturated rings. The normalized spacial score (nSPS) is 13.5. The molecule has 1 aliphatic rings. The number of amides is 1. The maximum atomic E-state index is 12.9. The van der Waals surface area contributed by atoms with Crippen LogP contribution in [-0.2, 0) is 17.8 Å². The summed E-state index contributed by atoms with van der Waals surface area (Å²) >= 11 is 0. The number of carbonyl (C=O) groups excluding carboxylic acids is 1. The summed E-state index contributed by atoms with van der Waals surface area (Å²) in [6.07, 6.45) is 1.87. The van der Waals surface area contributed by atoms with Crippen molar-refractivity contribution in [2.24, 2.45) is 4.99 Å². The monoisotopic (exact) mass is 446 g/mol. The van der Waals surface area contributed by atoms with Gasteiger partial charge in [-0.2, -0.15) is 8.78 Å². The van der Waals surface area contributed by atoms with E-state index in [-0.39, 0.29) is 30.5 Å². The van der Waals surface area contributed by atoms with E-state index in [1.54, 1.807) is 37.1 Å². The van der Waals surface area contributed by atoms with Crippen molar-refractivity contribution >= 4 is 17.6 Å². The average molecular weight is 446 g/mol. The third-order valence-electron chi connectivity index (χ3n) is 5.06. The second-order valence-corrected chi connectivity index (χ2v) is 7.11. The Morgan fingerprint density at radius 1 is 1.19 bits per heavy atom. The number of benzene rings is 2. The van der Waals surface area contributed by atoms with E-state index in [1.165, 1.54) is 0 Å². The number of nitrogens with one attached hydrogen (secondary N) is 2. The summed E-state index contributed by atoms with van der Waals surface area (Å²) in [4.78, 5) is 18.7. The second-order valence-electron chi connectivity index (χ2n) is 7.11. The fourth-order valence-electron chi connectivity index (χ4n) is 3.64. The number of anilines is 1. The Bertz CT molecular complexity index is 953. The maximum absolute atomic E-state index is 12.9. The molecule has 0 aromatic heterocycles. The van der Waals surface area contributed by atoms with Crippen LogP contribution in [-0.4, -0.2) is 45.2 Å². The first-order valence-corrected chi connectivity index (χ1v) is 10.6. The average Bonchev–Trinajstić information content (AvgIpc) is 2.80. The van der Waals surface area contributed by atoms with Gasteiger partial charge in [-0.05, 0) is 37.5 Å². The zero-order chi connectivity index (χ0) is 22.9. The quantitative estimate of drug-likeness (QED) is 0.481. The van der Waals surface area contributed by atoms with Crippen LogP contribution in [0.15, 0.2) is 47.5 Å². The van der Waals surface area contributed by atoms with E-state index < -0.39 is 6.61 Å². The van der Waals surface area contributed by atoms with Gasteiger partial charge in [0, 0.05) is 31.4 Å². The van der Waals surface area contributed by atoms with Crippen molar-refractivity contribution in [2.75, 3.05) is 31.6 Å². The first-order chi connectivity index (χ1) is 15.5. The van der Waals surface area contributed by atoms with Crippen molar-refractivity contribution in [3.05, 3.63) is 53.6 Å². The summed E-state index contributed by atoms with van der Waals surface area (Å²) in [6, 6.07) is 12.8. The summed E-state index contributed by atoms with van der Waals surface area (Å²) in [6.45, 7) is -0.0150. The number of ether oxygens (including phenoxy) is 2. The van der Waals surface area contributed by atoms with Gasteiger partial charge in [0.05, 0.1) is 13.2 Å². The van der Waals surface area contributed by atoms with Crippen LogP contribution in [0.4, 0.5) is 14.5 Å². The number of rotatable bonds is 8. The molecule has 172 valence electrons. The summed E-state index contributed by atoms with van der Waals surface area (Å²) in [5.41, 5.74) is 2.58. The molecule has 2 aromatic rings. The largest absolute Gasteiger partial charge is 0.490 e. The van der Waals surface area contributed by atoms with Crippen LogP contribution in [0.3, 0.4) is 0 Å². The molecule has 7 nitrogen and oxygen atoms in total. The lowest BCUT2D eigenvalue weighted by Crippen LogP contribution is -2.45. The Kier molecular flexibility index (Phi) is 8.24. The Balaban J connectivity index is 1.61. The van der Waals surface area contributed by atoms with Gasteiger partial charge in [0.2, 0.25) is 5.91 Å². The van der Waals surface area contributed by atoms with Crippen LogP contribution in [0.1, 0.15) is 24.5 Å². The zero-order valence-corrected chi connectivity index (χ0v) is 18.2. The molecule has 0 aliphatic carbocycles. The van der Waals surface area contributed by atoms with Gasteiger partial charge in [-0.3, -0.25) is 9.79 Å². The number of carbonyl (C=O) groups is 1. The van der Waals surface area contributed by atoms with Gasteiger partial charge in [0.1, 0.15) is 0 Å². The summed E-state index contributed by atoms with van der Waals surface area (Å²) in [5, 5.41) is 6.03. The lowest BCUT2D eigenvalue weighted by atomic mass is 10.0. The van der Waals surface area contributed by atoms with Crippen LogP contribution >= 0.6 is 0 Å². The van der Waals surface area contributed by atoms with E-state index in [0.717, 1.165) is 24.1 Å². The Labute approximate surface area is 186 Å². The molecule has 2 aromatic carbocycles. The van der Waals surface area contributed by atoms with E-state index in [2.05, 4.69) is 20.4 Å².